The van der Waals surface area contributed by atoms with Crippen molar-refractivity contribution >= 4 is 27.1 Å². The zero-order chi connectivity index (χ0) is 24.6. The van der Waals surface area contributed by atoms with Crippen molar-refractivity contribution in [1.29, 1.82) is 0 Å². The van der Waals surface area contributed by atoms with Crippen molar-refractivity contribution in [1.82, 2.24) is 9.47 Å². The number of likely N-dealkylation sites (tertiary alicyclic amines) is 1. The third-order valence-electron chi connectivity index (χ3n) is 5.08. The van der Waals surface area contributed by atoms with E-state index in [1.807, 2.05) is 0 Å². The summed E-state index contributed by atoms with van der Waals surface area (Å²) in [6, 6.07) is 6.68. The number of alkyl halides is 3. The number of fused-ring (bicyclic) bond motifs is 1. The lowest BCUT2D eigenvalue weighted by Gasteiger charge is -2.34. The van der Waals surface area contributed by atoms with E-state index in [9.17, 15) is 31.2 Å². The Morgan fingerprint density at radius 3 is 2.48 bits per heavy atom. The second-order valence-corrected chi connectivity index (χ2v) is 10.4. The highest BCUT2D eigenvalue weighted by Crippen LogP contribution is 2.31. The molecule has 2 aromatic rings. The first-order chi connectivity index (χ1) is 15.2. The lowest BCUT2D eigenvalue weighted by atomic mass is 9.98. The molecular weight excluding hydrogens is 465 g/mol. The number of aromatic nitrogens is 1. The molecule has 8 nitrogen and oxygen atoms in total. The summed E-state index contributed by atoms with van der Waals surface area (Å²) in [6.07, 6.45) is 0.966. The van der Waals surface area contributed by atoms with Crippen LogP contribution in [-0.2, 0) is 21.4 Å². The number of amides is 1. The van der Waals surface area contributed by atoms with E-state index in [0.717, 1.165) is 12.5 Å². The second-order valence-electron chi connectivity index (χ2n) is 8.89. The summed E-state index contributed by atoms with van der Waals surface area (Å²) in [5, 5.41) is 0.0460. The van der Waals surface area contributed by atoms with E-state index >= 15 is 0 Å². The summed E-state index contributed by atoms with van der Waals surface area (Å²) in [6.45, 7) is 6.34. The molecule has 1 fully saturated rings. The van der Waals surface area contributed by atoms with Crippen LogP contribution in [0, 0.1) is 5.92 Å². The third kappa shape index (κ3) is 5.79. The second kappa shape index (κ2) is 8.88. The van der Waals surface area contributed by atoms with Gasteiger partial charge in [0.1, 0.15) is 5.60 Å². The van der Waals surface area contributed by atoms with Gasteiger partial charge in [0.05, 0.1) is 5.52 Å². The molecule has 1 aromatic heterocycles. The number of halogens is 3. The van der Waals surface area contributed by atoms with E-state index in [0.29, 0.717) is 19.5 Å². The molecule has 12 heteroatoms. The van der Waals surface area contributed by atoms with E-state index in [2.05, 4.69) is 4.18 Å². The number of carbonyl (C=O) groups is 1. The van der Waals surface area contributed by atoms with Crippen molar-refractivity contribution in [3.63, 3.8) is 0 Å². The van der Waals surface area contributed by atoms with Crippen LogP contribution >= 0.6 is 0 Å². The molecule has 0 radical (unpaired) electrons. The van der Waals surface area contributed by atoms with Crippen molar-refractivity contribution < 1.29 is 35.3 Å². The Morgan fingerprint density at radius 2 is 1.85 bits per heavy atom. The molecule has 1 unspecified atom stereocenters. The third-order valence-corrected chi connectivity index (χ3v) is 6.04. The number of ether oxygens (including phenoxy) is 1. The molecule has 1 aliphatic heterocycles. The quantitative estimate of drug-likeness (QED) is 0.477. The maximum absolute atomic E-state index is 12.8. The van der Waals surface area contributed by atoms with Crippen LogP contribution in [0.15, 0.2) is 35.1 Å². The lowest BCUT2D eigenvalue weighted by Crippen LogP contribution is -2.44. The minimum atomic E-state index is -5.94. The molecule has 1 aliphatic rings. The highest BCUT2D eigenvalue weighted by Gasteiger charge is 2.48. The molecule has 0 aliphatic carbocycles. The Kier molecular flexibility index (Phi) is 6.69. The standard InChI is InChI=1S/C21H25F3N2O6S/c1-20(2,3)31-19(28)25-10-6-7-14(12-25)13-26-16-9-5-4-8-15(16)17(11-18(26)27)32-33(29,30)21(22,23)24/h4-5,8-9,11,14H,6-7,10,12-13H2,1-3H3. The topological polar surface area (TPSA) is 94.9 Å². The van der Waals surface area contributed by atoms with Gasteiger partial charge in [0.2, 0.25) is 0 Å². The molecule has 3 rings (SSSR count). The van der Waals surface area contributed by atoms with Gasteiger partial charge < -0.3 is 18.4 Å². The number of hydrogen-bond acceptors (Lipinski definition) is 6. The number of piperidine rings is 1. The number of hydrogen-bond donors (Lipinski definition) is 0. The monoisotopic (exact) mass is 490 g/mol. The molecule has 0 saturated carbocycles. The van der Waals surface area contributed by atoms with Crippen LogP contribution in [0.3, 0.4) is 0 Å². The average Bonchev–Trinajstić information content (AvgIpc) is 2.69. The van der Waals surface area contributed by atoms with Crippen molar-refractivity contribution in [2.24, 2.45) is 5.92 Å². The predicted octanol–water partition coefficient (Wildman–Crippen LogP) is 3.88. The van der Waals surface area contributed by atoms with Gasteiger partial charge in [-0.25, -0.2) is 4.79 Å². The largest absolute Gasteiger partial charge is 0.534 e. The Labute approximate surface area is 189 Å². The SMILES string of the molecule is CC(C)(C)OC(=O)N1CCCC(Cn2c(=O)cc(OS(=O)(=O)C(F)(F)F)c3ccccc32)C1. The van der Waals surface area contributed by atoms with Gasteiger partial charge in [0.25, 0.3) is 5.56 Å². The fourth-order valence-electron chi connectivity index (χ4n) is 3.69. The maximum Gasteiger partial charge on any atom is 0.534 e. The molecule has 1 saturated heterocycles. The summed E-state index contributed by atoms with van der Waals surface area (Å²) in [4.78, 5) is 26.8. The summed E-state index contributed by atoms with van der Waals surface area (Å²) in [7, 11) is -5.94. The summed E-state index contributed by atoms with van der Waals surface area (Å²) >= 11 is 0. The first-order valence-corrected chi connectivity index (χ1v) is 11.7. The lowest BCUT2D eigenvalue weighted by molar-refractivity contribution is -0.0499. The van der Waals surface area contributed by atoms with Crippen molar-refractivity contribution in [2.45, 2.75) is 51.3 Å². The number of benzene rings is 1. The first kappa shape index (κ1) is 24.9. The van der Waals surface area contributed by atoms with Crippen molar-refractivity contribution in [3.8, 4) is 5.75 Å². The highest BCUT2D eigenvalue weighted by molar-refractivity contribution is 7.88. The molecular formula is C21H25F3N2O6S. The fraction of sp³-hybridized carbons (Fsp3) is 0.524. The number of carbonyl (C=O) groups excluding carboxylic acids is 1. The molecule has 1 atom stereocenters. The van der Waals surface area contributed by atoms with Gasteiger partial charge >= 0.3 is 21.7 Å². The van der Waals surface area contributed by atoms with Crippen molar-refractivity contribution in [3.05, 3.63) is 40.7 Å². The minimum Gasteiger partial charge on any atom is -0.444 e. The van der Waals surface area contributed by atoms with Gasteiger partial charge in [-0.3, -0.25) is 4.79 Å². The minimum absolute atomic E-state index is 0.0460. The molecule has 1 amide bonds. The number of pyridine rings is 1. The van der Waals surface area contributed by atoms with Crippen LogP contribution in [0.4, 0.5) is 18.0 Å². The smallest absolute Gasteiger partial charge is 0.444 e. The van der Waals surface area contributed by atoms with E-state index in [-0.39, 0.29) is 23.4 Å². The zero-order valence-corrected chi connectivity index (χ0v) is 19.2. The molecule has 0 bridgehead atoms. The average molecular weight is 491 g/mol. The normalized spacial score (nSPS) is 17.8. The molecule has 0 spiro atoms. The summed E-state index contributed by atoms with van der Waals surface area (Å²) in [5.74, 6) is -0.804. The van der Waals surface area contributed by atoms with Crippen LogP contribution < -0.4 is 9.74 Å². The van der Waals surface area contributed by atoms with E-state index in [1.165, 1.54) is 22.8 Å². The Hall–Kier alpha value is -2.76. The predicted molar refractivity (Wildman–Crippen MR) is 114 cm³/mol. The Bertz CT molecular complexity index is 1200. The van der Waals surface area contributed by atoms with Gasteiger partial charge in [-0.05, 0) is 51.7 Å². The summed E-state index contributed by atoms with van der Waals surface area (Å²) in [5.41, 5.74) is -6.76. The fourth-order valence-corrected chi connectivity index (χ4v) is 4.16. The van der Waals surface area contributed by atoms with Gasteiger partial charge in [0, 0.05) is 31.1 Å². The first-order valence-electron chi connectivity index (χ1n) is 10.3. The Balaban J connectivity index is 1.90. The highest BCUT2D eigenvalue weighted by atomic mass is 32.2. The zero-order valence-electron chi connectivity index (χ0n) is 18.4. The Morgan fingerprint density at radius 1 is 1.18 bits per heavy atom. The van der Waals surface area contributed by atoms with Gasteiger partial charge in [-0.15, -0.1) is 0 Å². The van der Waals surface area contributed by atoms with E-state index in [4.69, 9.17) is 4.74 Å². The molecule has 33 heavy (non-hydrogen) atoms. The van der Waals surface area contributed by atoms with Crippen LogP contribution in [0.2, 0.25) is 0 Å². The van der Waals surface area contributed by atoms with Gasteiger partial charge in [0.15, 0.2) is 5.75 Å². The van der Waals surface area contributed by atoms with Gasteiger partial charge in [-0.2, -0.15) is 21.6 Å². The van der Waals surface area contributed by atoms with E-state index < -0.39 is 38.6 Å². The molecule has 182 valence electrons. The van der Waals surface area contributed by atoms with Crippen molar-refractivity contribution in [2.75, 3.05) is 13.1 Å². The van der Waals surface area contributed by atoms with Gasteiger partial charge in [-0.1, -0.05) is 12.1 Å². The van der Waals surface area contributed by atoms with Crippen LogP contribution in [0.25, 0.3) is 10.9 Å². The number of nitrogens with zero attached hydrogens (tertiary/aromatic N) is 2. The summed E-state index contributed by atoms with van der Waals surface area (Å²) < 4.78 is 72.3. The maximum atomic E-state index is 12.8. The van der Waals surface area contributed by atoms with Crippen LogP contribution in [-0.4, -0.2) is 48.2 Å². The van der Waals surface area contributed by atoms with Crippen LogP contribution in [0.1, 0.15) is 33.6 Å². The molecule has 0 N–H and O–H groups in total. The number of rotatable bonds is 4. The molecule has 2 heterocycles. The molecule has 1 aromatic carbocycles. The van der Waals surface area contributed by atoms with E-state index in [1.54, 1.807) is 31.7 Å². The number of para-hydroxylation sites is 1. The van der Waals surface area contributed by atoms with Crippen LogP contribution in [0.5, 0.6) is 5.75 Å².